The van der Waals surface area contributed by atoms with Gasteiger partial charge in [-0.1, -0.05) is 42.6 Å². The summed E-state index contributed by atoms with van der Waals surface area (Å²) in [4.78, 5) is 17.3. The second-order valence-electron chi connectivity index (χ2n) is 6.70. The van der Waals surface area contributed by atoms with Crippen LogP contribution < -0.4 is 10.6 Å². The van der Waals surface area contributed by atoms with Gasteiger partial charge in [-0.05, 0) is 36.2 Å². The van der Waals surface area contributed by atoms with Crippen molar-refractivity contribution >= 4 is 21.6 Å². The molecule has 8 heteroatoms. The van der Waals surface area contributed by atoms with E-state index in [1.807, 2.05) is 30.3 Å². The maximum atomic E-state index is 12.6. The predicted octanol–water partition coefficient (Wildman–Crippen LogP) is 2.74. The molecule has 0 spiro atoms. The largest absolute Gasteiger partial charge is 0.380 e. The molecule has 2 aromatic rings. The van der Waals surface area contributed by atoms with Gasteiger partial charge in [0.05, 0.1) is 12.0 Å². The molecule has 0 saturated carbocycles. The number of nitrogens with zero attached hydrogens (tertiary/aromatic N) is 1. The zero-order valence-electron chi connectivity index (χ0n) is 16.5. The van der Waals surface area contributed by atoms with E-state index >= 15 is 0 Å². The zero-order valence-corrected chi connectivity index (χ0v) is 17.4. The van der Waals surface area contributed by atoms with Gasteiger partial charge < -0.3 is 10.6 Å². The Morgan fingerprint density at radius 3 is 2.39 bits per heavy atom. The lowest BCUT2D eigenvalue weighted by molar-refractivity contribution is -0.0258. The molecule has 2 rings (SSSR count). The van der Waals surface area contributed by atoms with Crippen LogP contribution in [0.3, 0.4) is 0 Å². The first-order chi connectivity index (χ1) is 13.3. The van der Waals surface area contributed by atoms with Gasteiger partial charge in [-0.3, -0.25) is 9.63 Å². The highest BCUT2D eigenvalue weighted by Crippen LogP contribution is 2.16. The third kappa shape index (κ3) is 5.54. The molecule has 0 saturated heterocycles. The summed E-state index contributed by atoms with van der Waals surface area (Å²) < 4.78 is 25.5. The third-order valence-corrected chi connectivity index (χ3v) is 6.08. The van der Waals surface area contributed by atoms with Crippen molar-refractivity contribution in [3.05, 3.63) is 60.2 Å². The Bertz CT molecular complexity index is 885. The van der Waals surface area contributed by atoms with Gasteiger partial charge in [0.1, 0.15) is 0 Å². The Labute approximate surface area is 166 Å². The van der Waals surface area contributed by atoms with Crippen LogP contribution in [0.1, 0.15) is 24.2 Å². The summed E-state index contributed by atoms with van der Waals surface area (Å²) in [6.07, 6.45) is 0. The maximum absolute atomic E-state index is 12.6. The summed E-state index contributed by atoms with van der Waals surface area (Å²) in [5.41, 5.74) is 1.25. The smallest absolute Gasteiger partial charge is 0.264 e. The first-order valence-corrected chi connectivity index (χ1v) is 10.4. The number of carbonyl (C=O) groups is 1. The Morgan fingerprint density at radius 1 is 1.11 bits per heavy atom. The molecule has 0 aliphatic rings. The molecule has 0 aliphatic heterocycles. The first kappa shape index (κ1) is 21.9. The molecule has 2 aromatic carbocycles. The lowest BCUT2D eigenvalue weighted by atomic mass is 10.0. The van der Waals surface area contributed by atoms with Gasteiger partial charge in [0.2, 0.25) is 0 Å². The second-order valence-corrected chi connectivity index (χ2v) is 8.63. The number of anilines is 1. The molecule has 1 amide bonds. The van der Waals surface area contributed by atoms with Crippen LogP contribution in [0.5, 0.6) is 0 Å². The van der Waals surface area contributed by atoms with E-state index in [-0.39, 0.29) is 28.3 Å². The lowest BCUT2D eigenvalue weighted by Gasteiger charge is -2.24. The zero-order chi connectivity index (χ0) is 20.7. The Hall–Kier alpha value is -2.42. The Kier molecular flexibility index (Phi) is 7.56. The van der Waals surface area contributed by atoms with Gasteiger partial charge in [0, 0.05) is 30.9 Å². The number of rotatable bonds is 9. The minimum absolute atomic E-state index is 0.00711. The molecule has 0 bridgehead atoms. The van der Waals surface area contributed by atoms with Crippen LogP contribution >= 0.6 is 0 Å². The summed E-state index contributed by atoms with van der Waals surface area (Å²) >= 11 is 0. The number of hydroxylamine groups is 1. The number of para-hydroxylation sites is 1. The van der Waals surface area contributed by atoms with Crippen LogP contribution in [0.2, 0.25) is 0 Å². The van der Waals surface area contributed by atoms with E-state index in [9.17, 15) is 13.2 Å². The summed E-state index contributed by atoms with van der Waals surface area (Å²) in [5.74, 6) is -0.0554. The minimum Gasteiger partial charge on any atom is -0.380 e. The second kappa shape index (κ2) is 9.68. The highest BCUT2D eigenvalue weighted by molar-refractivity contribution is 7.89. The standard InChI is InChI=1S/C20H27N3O4S/c1-15(2)19(22-17-10-6-5-7-11-17)14-21-20(24)16-9-8-12-18(13-16)28(25,26)23(3)27-4/h5-13,15,19,22H,14H2,1-4H3,(H,21,24). The summed E-state index contributed by atoms with van der Waals surface area (Å²) in [5, 5.41) is 6.29. The van der Waals surface area contributed by atoms with Gasteiger partial charge in [-0.2, -0.15) is 0 Å². The molecule has 0 fully saturated rings. The number of nitrogens with one attached hydrogen (secondary N) is 2. The topological polar surface area (TPSA) is 87.7 Å². The van der Waals surface area contributed by atoms with Crippen molar-refractivity contribution in [2.24, 2.45) is 5.92 Å². The average molecular weight is 406 g/mol. The van der Waals surface area contributed by atoms with E-state index in [2.05, 4.69) is 24.5 Å². The molecule has 0 radical (unpaired) electrons. The number of carbonyl (C=O) groups excluding carboxylic acids is 1. The van der Waals surface area contributed by atoms with Gasteiger partial charge in [0.15, 0.2) is 0 Å². The quantitative estimate of drug-likeness (QED) is 0.627. The average Bonchev–Trinajstić information content (AvgIpc) is 2.70. The van der Waals surface area contributed by atoms with Crippen LogP contribution in [0, 0.1) is 5.92 Å². The summed E-state index contributed by atoms with van der Waals surface area (Å²) in [7, 11) is -1.25. The Balaban J connectivity index is 2.08. The molecule has 1 atom stereocenters. The lowest BCUT2D eigenvalue weighted by Crippen LogP contribution is -2.39. The molecule has 7 nitrogen and oxygen atoms in total. The summed E-state index contributed by atoms with van der Waals surface area (Å²) in [6, 6.07) is 15.7. The monoisotopic (exact) mass is 405 g/mol. The van der Waals surface area contributed by atoms with E-state index in [0.29, 0.717) is 6.54 Å². The van der Waals surface area contributed by atoms with Crippen LogP contribution in [-0.4, -0.2) is 45.5 Å². The van der Waals surface area contributed by atoms with E-state index in [1.165, 1.54) is 32.4 Å². The predicted molar refractivity (Wildman–Crippen MR) is 109 cm³/mol. The van der Waals surface area contributed by atoms with Crippen LogP contribution in [-0.2, 0) is 14.9 Å². The molecule has 0 aromatic heterocycles. The molecular formula is C20H27N3O4S. The van der Waals surface area contributed by atoms with Gasteiger partial charge >= 0.3 is 0 Å². The molecule has 28 heavy (non-hydrogen) atoms. The highest BCUT2D eigenvalue weighted by Gasteiger charge is 2.22. The number of hydrogen-bond acceptors (Lipinski definition) is 5. The van der Waals surface area contributed by atoms with Crippen molar-refractivity contribution in [2.75, 3.05) is 26.0 Å². The van der Waals surface area contributed by atoms with Crippen molar-refractivity contribution in [1.29, 1.82) is 0 Å². The Morgan fingerprint density at radius 2 is 1.79 bits per heavy atom. The first-order valence-electron chi connectivity index (χ1n) is 8.98. The maximum Gasteiger partial charge on any atom is 0.264 e. The minimum atomic E-state index is -3.81. The van der Waals surface area contributed by atoms with Crippen molar-refractivity contribution in [1.82, 2.24) is 9.79 Å². The van der Waals surface area contributed by atoms with E-state index < -0.39 is 10.0 Å². The van der Waals surface area contributed by atoms with Crippen molar-refractivity contribution in [3.8, 4) is 0 Å². The number of sulfonamides is 1. The fourth-order valence-corrected chi connectivity index (χ4v) is 3.57. The van der Waals surface area contributed by atoms with Crippen LogP contribution in [0.4, 0.5) is 5.69 Å². The third-order valence-electron chi connectivity index (χ3n) is 4.40. The number of hydrogen-bond donors (Lipinski definition) is 2. The fraction of sp³-hybridized carbons (Fsp3) is 0.350. The van der Waals surface area contributed by atoms with E-state index in [0.717, 1.165) is 10.2 Å². The fourth-order valence-electron chi connectivity index (χ4n) is 2.55. The van der Waals surface area contributed by atoms with E-state index in [1.54, 1.807) is 6.07 Å². The van der Waals surface area contributed by atoms with Gasteiger partial charge in [-0.25, -0.2) is 8.42 Å². The van der Waals surface area contributed by atoms with Crippen molar-refractivity contribution in [3.63, 3.8) is 0 Å². The summed E-state index contributed by atoms with van der Waals surface area (Å²) in [6.45, 7) is 4.54. The SMILES string of the molecule is CON(C)S(=O)(=O)c1cccc(C(=O)NCC(Nc2ccccc2)C(C)C)c1. The van der Waals surface area contributed by atoms with Gasteiger partial charge in [-0.15, -0.1) is 0 Å². The molecule has 1 unspecified atom stereocenters. The molecule has 152 valence electrons. The van der Waals surface area contributed by atoms with E-state index in [4.69, 9.17) is 4.84 Å². The van der Waals surface area contributed by atoms with Crippen molar-refractivity contribution < 1.29 is 18.0 Å². The normalized spacial score (nSPS) is 12.8. The van der Waals surface area contributed by atoms with Crippen LogP contribution in [0.25, 0.3) is 0 Å². The molecular weight excluding hydrogens is 378 g/mol. The number of benzene rings is 2. The number of amides is 1. The molecule has 2 N–H and O–H groups in total. The van der Waals surface area contributed by atoms with Crippen LogP contribution in [0.15, 0.2) is 59.5 Å². The highest BCUT2D eigenvalue weighted by atomic mass is 32.2. The van der Waals surface area contributed by atoms with Gasteiger partial charge in [0.25, 0.3) is 15.9 Å². The molecule has 0 aliphatic carbocycles. The molecule has 0 heterocycles. The van der Waals surface area contributed by atoms with Crippen molar-refractivity contribution in [2.45, 2.75) is 24.8 Å².